The second-order valence-corrected chi connectivity index (χ2v) is 6.14. The van der Waals surface area contributed by atoms with E-state index in [1.165, 1.54) is 17.4 Å². The average molecular weight is 405 g/mol. The summed E-state index contributed by atoms with van der Waals surface area (Å²) < 4.78 is 1.20. The van der Waals surface area contributed by atoms with Crippen LogP contribution >= 0.6 is 43.2 Å². The number of hydrogen-bond donors (Lipinski definition) is 2. The van der Waals surface area contributed by atoms with Crippen molar-refractivity contribution in [1.29, 1.82) is 0 Å². The van der Waals surface area contributed by atoms with Crippen LogP contribution < -0.4 is 5.32 Å². The Bertz CT molecular complexity index is 654. The number of carbonyl (C=O) groups is 2. The summed E-state index contributed by atoms with van der Waals surface area (Å²) in [4.78, 5) is 23.7. The number of halogens is 2. The molecule has 2 rings (SSSR count). The minimum absolute atomic E-state index is 0.0374. The van der Waals surface area contributed by atoms with Gasteiger partial charge in [-0.05, 0) is 55.4 Å². The fraction of sp³-hybridized carbons (Fsp3) is 0. The molecule has 0 aliphatic heterocycles. The number of carboxylic acid groups (broad SMARTS) is 1. The number of aromatic carboxylic acids is 1. The first-order valence-electron chi connectivity index (χ1n) is 5.07. The Hall–Kier alpha value is -1.18. The van der Waals surface area contributed by atoms with Crippen LogP contribution in [0, 0.1) is 0 Å². The molecule has 0 spiro atoms. The normalized spacial score (nSPS) is 10.2. The summed E-state index contributed by atoms with van der Waals surface area (Å²) in [5.41, 5.74) is 0.288. The molecule has 2 N–H and O–H groups in total. The lowest BCUT2D eigenvalue weighted by atomic mass is 10.2. The van der Waals surface area contributed by atoms with Crippen LogP contribution in [0.2, 0.25) is 0 Å². The smallest absolute Gasteiger partial charge is 0.337 e. The van der Waals surface area contributed by atoms with Crippen LogP contribution in [0.5, 0.6) is 0 Å². The Morgan fingerprint density at radius 3 is 2.47 bits per heavy atom. The van der Waals surface area contributed by atoms with Crippen LogP contribution in [-0.2, 0) is 0 Å². The Morgan fingerprint density at radius 2 is 1.89 bits per heavy atom. The highest BCUT2D eigenvalue weighted by atomic mass is 79.9. The molecule has 0 aliphatic rings. The Balaban J connectivity index is 2.36. The van der Waals surface area contributed by atoms with Crippen LogP contribution in [0.1, 0.15) is 20.0 Å². The number of hydrogen-bond acceptors (Lipinski definition) is 3. The van der Waals surface area contributed by atoms with Gasteiger partial charge in [0.15, 0.2) is 0 Å². The van der Waals surface area contributed by atoms with Crippen molar-refractivity contribution in [2.45, 2.75) is 0 Å². The van der Waals surface area contributed by atoms with Crippen LogP contribution in [-0.4, -0.2) is 17.0 Å². The number of rotatable bonds is 3. The van der Waals surface area contributed by atoms with Gasteiger partial charge in [-0.25, -0.2) is 4.79 Å². The lowest BCUT2D eigenvalue weighted by Gasteiger charge is -2.10. The molecule has 7 heteroatoms. The molecule has 0 radical (unpaired) electrons. The van der Waals surface area contributed by atoms with Gasteiger partial charge in [-0.3, -0.25) is 4.79 Å². The van der Waals surface area contributed by atoms with Crippen molar-refractivity contribution in [1.82, 2.24) is 0 Å². The molecular formula is C12H7Br2NO3S. The summed E-state index contributed by atoms with van der Waals surface area (Å²) in [6.45, 7) is 0. The zero-order valence-electron chi connectivity index (χ0n) is 9.31. The van der Waals surface area contributed by atoms with Crippen LogP contribution in [0.3, 0.4) is 0 Å². The number of benzene rings is 1. The highest BCUT2D eigenvalue weighted by Crippen LogP contribution is 2.29. The Morgan fingerprint density at radius 1 is 1.16 bits per heavy atom. The molecule has 4 nitrogen and oxygen atoms in total. The van der Waals surface area contributed by atoms with Gasteiger partial charge in [-0.15, -0.1) is 11.3 Å². The van der Waals surface area contributed by atoms with Gasteiger partial charge in [0, 0.05) is 8.95 Å². The lowest BCUT2D eigenvalue weighted by molar-refractivity contribution is 0.0698. The zero-order valence-corrected chi connectivity index (χ0v) is 13.3. The van der Waals surface area contributed by atoms with Crippen molar-refractivity contribution >= 4 is 60.8 Å². The van der Waals surface area contributed by atoms with E-state index in [-0.39, 0.29) is 17.2 Å². The fourth-order valence-electron chi connectivity index (χ4n) is 1.46. The molecule has 0 unspecified atom stereocenters. The van der Waals surface area contributed by atoms with E-state index >= 15 is 0 Å². The molecule has 19 heavy (non-hydrogen) atoms. The van der Waals surface area contributed by atoms with Gasteiger partial charge in [-0.1, -0.05) is 6.07 Å². The molecule has 0 saturated carbocycles. The fourth-order valence-corrected chi connectivity index (χ4v) is 3.37. The number of para-hydroxylation sites is 1. The van der Waals surface area contributed by atoms with E-state index < -0.39 is 5.97 Å². The highest BCUT2D eigenvalue weighted by Gasteiger charge is 2.18. The minimum atomic E-state index is -1.10. The predicted molar refractivity (Wildman–Crippen MR) is 81.1 cm³/mol. The van der Waals surface area contributed by atoms with Gasteiger partial charge in [0.05, 0.1) is 11.3 Å². The first-order chi connectivity index (χ1) is 9.00. The second-order valence-electron chi connectivity index (χ2n) is 3.52. The molecule has 0 aliphatic carbocycles. The van der Waals surface area contributed by atoms with Gasteiger partial charge in [0.2, 0.25) is 0 Å². The summed E-state index contributed by atoms with van der Waals surface area (Å²) >= 11 is 7.78. The van der Waals surface area contributed by atoms with E-state index in [1.54, 1.807) is 23.6 Å². The summed E-state index contributed by atoms with van der Waals surface area (Å²) in [6.07, 6.45) is 0. The molecule has 1 aromatic carbocycles. The lowest BCUT2D eigenvalue weighted by Crippen LogP contribution is -2.14. The predicted octanol–water partition coefficient (Wildman–Crippen LogP) is 4.22. The number of carboxylic acids is 1. The van der Waals surface area contributed by atoms with Gasteiger partial charge in [0.25, 0.3) is 5.91 Å². The summed E-state index contributed by atoms with van der Waals surface area (Å²) in [5.74, 6) is -1.45. The van der Waals surface area contributed by atoms with Crippen molar-refractivity contribution in [2.24, 2.45) is 0 Å². The van der Waals surface area contributed by atoms with E-state index in [0.717, 1.165) is 0 Å². The molecule has 0 atom stereocenters. The van der Waals surface area contributed by atoms with Crippen LogP contribution in [0.15, 0.2) is 38.6 Å². The average Bonchev–Trinajstić information content (AvgIpc) is 2.77. The van der Waals surface area contributed by atoms with Crippen molar-refractivity contribution in [2.75, 3.05) is 5.32 Å². The third-order valence-corrected chi connectivity index (χ3v) is 4.80. The van der Waals surface area contributed by atoms with Gasteiger partial charge < -0.3 is 10.4 Å². The van der Waals surface area contributed by atoms with E-state index in [2.05, 4.69) is 37.2 Å². The molecule has 1 heterocycles. The van der Waals surface area contributed by atoms with Crippen LogP contribution in [0.25, 0.3) is 0 Å². The number of carbonyl (C=O) groups excluding carboxylic acids is 1. The summed E-state index contributed by atoms with van der Waals surface area (Å²) in [6, 6.07) is 6.47. The number of amides is 1. The van der Waals surface area contributed by atoms with Crippen molar-refractivity contribution in [3.05, 3.63) is 49.0 Å². The van der Waals surface area contributed by atoms with Gasteiger partial charge >= 0.3 is 5.97 Å². The molecule has 98 valence electrons. The van der Waals surface area contributed by atoms with E-state index in [9.17, 15) is 9.59 Å². The quantitative estimate of drug-likeness (QED) is 0.804. The van der Waals surface area contributed by atoms with Crippen LogP contribution in [0.4, 0.5) is 5.69 Å². The molecule has 0 fully saturated rings. The molecule has 0 saturated heterocycles. The third-order valence-electron chi connectivity index (χ3n) is 2.31. The molecule has 1 amide bonds. The topological polar surface area (TPSA) is 66.4 Å². The van der Waals surface area contributed by atoms with Crippen molar-refractivity contribution in [3.8, 4) is 0 Å². The summed E-state index contributed by atoms with van der Waals surface area (Å²) in [5, 5.41) is 13.5. The molecule has 2 aromatic rings. The summed E-state index contributed by atoms with van der Waals surface area (Å²) in [7, 11) is 0. The maximum atomic E-state index is 12.1. The Labute approximate surface area is 129 Å². The molecule has 0 bridgehead atoms. The maximum Gasteiger partial charge on any atom is 0.337 e. The monoisotopic (exact) mass is 403 g/mol. The standard InChI is InChI=1S/C12H7Br2NO3S/c13-7-3-1-2-6(12(17)18)9(7)15-11(16)10-8(14)4-5-19-10/h1-5H,(H,15,16)(H,17,18). The van der Waals surface area contributed by atoms with Gasteiger partial charge in [0.1, 0.15) is 4.88 Å². The first-order valence-corrected chi connectivity index (χ1v) is 7.53. The zero-order chi connectivity index (χ0) is 14.0. The first kappa shape index (κ1) is 14.2. The van der Waals surface area contributed by atoms with E-state index in [0.29, 0.717) is 13.8 Å². The van der Waals surface area contributed by atoms with E-state index in [1.807, 2.05) is 0 Å². The number of thiophene rings is 1. The van der Waals surface area contributed by atoms with Crippen molar-refractivity contribution in [3.63, 3.8) is 0 Å². The third kappa shape index (κ3) is 3.05. The largest absolute Gasteiger partial charge is 0.478 e. The maximum absolute atomic E-state index is 12.1. The number of nitrogens with one attached hydrogen (secondary N) is 1. The van der Waals surface area contributed by atoms with Gasteiger partial charge in [-0.2, -0.15) is 0 Å². The molecule has 1 aromatic heterocycles. The second kappa shape index (κ2) is 5.85. The minimum Gasteiger partial charge on any atom is -0.478 e. The Kier molecular flexibility index (Phi) is 4.38. The SMILES string of the molecule is O=C(O)c1cccc(Br)c1NC(=O)c1sccc1Br. The molecular weight excluding hydrogens is 398 g/mol. The number of anilines is 1. The van der Waals surface area contributed by atoms with Crippen molar-refractivity contribution < 1.29 is 14.7 Å². The van der Waals surface area contributed by atoms with E-state index in [4.69, 9.17) is 5.11 Å². The highest BCUT2D eigenvalue weighted by molar-refractivity contribution is 9.11.